The van der Waals surface area contributed by atoms with Gasteiger partial charge in [-0.2, -0.15) is 0 Å². The average molecular weight is 673 g/mol. The van der Waals surface area contributed by atoms with Crippen LogP contribution in [0.2, 0.25) is 18.1 Å². The zero-order valence-corrected chi connectivity index (χ0v) is 31.0. The standard InChI is InChI=1S/C33H54ClO8PSi/c1-11-40-43(38,41-12-2)21-39-20-27(36)33(37)22(3)17-26-25-14-13-23-18-24(35)15-16-30(23,7)32(25,34)28(19-31(26,33)8)42-44(9,10)29(4,5)6/h13,15-16,22,25-26,28,37H,11-12,14,17-21H2,1-10H3/t22-,25-,26-,28-,30-,31-,32-,33-/m0/s1. The largest absolute Gasteiger partial charge is 0.412 e. The first kappa shape index (κ1) is 36.2. The number of hydrogen-bond donors (Lipinski definition) is 1. The van der Waals surface area contributed by atoms with Crippen LogP contribution in [0.1, 0.15) is 81.1 Å². The minimum Gasteiger partial charge on any atom is -0.412 e. The number of rotatable bonds is 11. The predicted octanol–water partition coefficient (Wildman–Crippen LogP) is 7.44. The number of fused-ring (bicyclic) bond motifs is 5. The Bertz CT molecular complexity index is 1250. The molecule has 2 saturated carbocycles. The first-order chi connectivity index (χ1) is 20.2. The smallest absolute Gasteiger partial charge is 0.356 e. The van der Waals surface area contributed by atoms with E-state index in [-0.39, 0.29) is 48.1 Å². The van der Waals surface area contributed by atoms with Crippen molar-refractivity contribution in [2.24, 2.45) is 28.6 Å². The number of hydrogen-bond acceptors (Lipinski definition) is 8. The molecule has 11 heteroatoms. The van der Waals surface area contributed by atoms with Crippen LogP contribution in [-0.4, -0.2) is 67.7 Å². The average Bonchev–Trinajstić information content (AvgIpc) is 3.10. The molecule has 1 N–H and O–H groups in total. The molecule has 8 atom stereocenters. The lowest BCUT2D eigenvalue weighted by molar-refractivity contribution is -0.177. The van der Waals surface area contributed by atoms with Crippen molar-refractivity contribution < 1.29 is 37.5 Å². The first-order valence-corrected chi connectivity index (χ1v) is 21.2. The maximum absolute atomic E-state index is 14.1. The Morgan fingerprint density at radius 2 is 1.77 bits per heavy atom. The van der Waals surface area contributed by atoms with Crippen LogP contribution in [0.15, 0.2) is 23.8 Å². The molecule has 0 aromatic rings. The van der Waals surface area contributed by atoms with Crippen molar-refractivity contribution in [3.63, 3.8) is 0 Å². The summed E-state index contributed by atoms with van der Waals surface area (Å²) >= 11 is 8.05. The fourth-order valence-corrected chi connectivity index (χ4v) is 11.8. The Morgan fingerprint density at radius 3 is 2.34 bits per heavy atom. The maximum atomic E-state index is 14.1. The number of alkyl halides is 1. The van der Waals surface area contributed by atoms with Crippen LogP contribution in [0.4, 0.5) is 0 Å². The molecule has 0 spiro atoms. The van der Waals surface area contributed by atoms with Gasteiger partial charge in [0.15, 0.2) is 19.9 Å². The molecular weight excluding hydrogens is 619 g/mol. The maximum Gasteiger partial charge on any atom is 0.356 e. The lowest BCUT2D eigenvalue weighted by Crippen LogP contribution is -2.70. The molecule has 0 heterocycles. The monoisotopic (exact) mass is 672 g/mol. The van der Waals surface area contributed by atoms with E-state index in [1.165, 1.54) is 0 Å². The van der Waals surface area contributed by atoms with Crippen LogP contribution in [0, 0.1) is 28.6 Å². The number of Topliss-reactive ketones (excluding diaryl/α,β-unsaturated/α-hetero) is 1. The van der Waals surface area contributed by atoms with Crippen molar-refractivity contribution in [1.82, 2.24) is 0 Å². The van der Waals surface area contributed by atoms with Gasteiger partial charge in [0.1, 0.15) is 18.6 Å². The molecule has 250 valence electrons. The van der Waals surface area contributed by atoms with E-state index in [2.05, 4.69) is 46.9 Å². The van der Waals surface area contributed by atoms with Gasteiger partial charge in [0.2, 0.25) is 0 Å². The SMILES string of the molecule is CCOP(=O)(COCC(=O)[C@@]1(O)[C@@H](C)C[C@H]2[C@@H]3CC=C4CC(=O)C=C[C@]4(C)[C@@]3(Cl)[C@@H](O[Si](C)(C)C(C)(C)C)C[C@@]21C)OCC. The van der Waals surface area contributed by atoms with Gasteiger partial charge in [0, 0.05) is 17.3 Å². The van der Waals surface area contributed by atoms with Gasteiger partial charge in [-0.15, -0.1) is 11.6 Å². The van der Waals surface area contributed by atoms with Gasteiger partial charge in [-0.05, 0) is 75.1 Å². The summed E-state index contributed by atoms with van der Waals surface area (Å²) < 4.78 is 36.5. The highest BCUT2D eigenvalue weighted by molar-refractivity contribution is 7.53. The third-order valence-electron chi connectivity index (χ3n) is 12.0. The third kappa shape index (κ3) is 5.53. The third-order valence-corrected chi connectivity index (χ3v) is 19.2. The summed E-state index contributed by atoms with van der Waals surface area (Å²) in [5, 5.41) is 12.5. The lowest BCUT2D eigenvalue weighted by atomic mass is 9.46. The minimum atomic E-state index is -3.52. The summed E-state index contributed by atoms with van der Waals surface area (Å²) in [6, 6.07) is 0. The van der Waals surface area contributed by atoms with Crippen molar-refractivity contribution in [2.75, 3.05) is 26.2 Å². The van der Waals surface area contributed by atoms with Gasteiger partial charge in [-0.1, -0.05) is 59.3 Å². The Labute approximate surface area is 270 Å². The summed E-state index contributed by atoms with van der Waals surface area (Å²) in [6.45, 7) is 20.4. The zero-order chi connectivity index (χ0) is 33.1. The number of ketones is 2. The van der Waals surface area contributed by atoms with Crippen LogP contribution in [0.5, 0.6) is 0 Å². The number of carbonyl (C=O) groups excluding carboxylic acids is 2. The van der Waals surface area contributed by atoms with Gasteiger partial charge >= 0.3 is 7.60 Å². The van der Waals surface area contributed by atoms with E-state index in [1.54, 1.807) is 19.9 Å². The van der Waals surface area contributed by atoms with Crippen molar-refractivity contribution >= 4 is 39.1 Å². The second kappa shape index (κ2) is 12.1. The number of allylic oxidation sites excluding steroid dienone is 4. The molecule has 4 aliphatic rings. The van der Waals surface area contributed by atoms with Crippen LogP contribution < -0.4 is 0 Å². The minimum absolute atomic E-state index is 0.0719. The van der Waals surface area contributed by atoms with Gasteiger partial charge < -0.3 is 23.3 Å². The zero-order valence-electron chi connectivity index (χ0n) is 28.3. The Morgan fingerprint density at radius 1 is 1.16 bits per heavy atom. The Kier molecular flexibility index (Phi) is 9.96. The van der Waals surface area contributed by atoms with Gasteiger partial charge in [0.25, 0.3) is 0 Å². The molecule has 0 unspecified atom stereocenters. The van der Waals surface area contributed by atoms with E-state index < -0.39 is 55.7 Å². The molecule has 4 aliphatic carbocycles. The molecule has 4 rings (SSSR count). The molecule has 0 aromatic heterocycles. The van der Waals surface area contributed by atoms with Gasteiger partial charge in [-0.25, -0.2) is 0 Å². The molecule has 0 amide bonds. The van der Waals surface area contributed by atoms with Crippen molar-refractivity contribution in [3.05, 3.63) is 23.8 Å². The summed E-state index contributed by atoms with van der Waals surface area (Å²) in [5.41, 5.74) is -2.16. The predicted molar refractivity (Wildman–Crippen MR) is 175 cm³/mol. The number of aliphatic hydroxyl groups is 1. The first-order valence-electron chi connectivity index (χ1n) is 16.2. The van der Waals surface area contributed by atoms with Crippen molar-refractivity contribution in [1.29, 1.82) is 0 Å². The van der Waals surface area contributed by atoms with Crippen LogP contribution in [-0.2, 0) is 32.4 Å². The Balaban J connectivity index is 1.75. The van der Waals surface area contributed by atoms with E-state index in [4.69, 9.17) is 29.8 Å². The van der Waals surface area contributed by atoms with E-state index in [0.717, 1.165) is 5.57 Å². The topological polar surface area (TPSA) is 108 Å². The van der Waals surface area contributed by atoms with E-state index in [9.17, 15) is 19.3 Å². The lowest BCUT2D eigenvalue weighted by Gasteiger charge is -2.65. The van der Waals surface area contributed by atoms with Gasteiger partial charge in [-0.3, -0.25) is 14.2 Å². The molecular formula is C33H54ClO8PSi. The van der Waals surface area contributed by atoms with E-state index >= 15 is 0 Å². The number of carbonyl (C=O) groups is 2. The highest BCUT2D eigenvalue weighted by Gasteiger charge is 2.75. The summed E-state index contributed by atoms with van der Waals surface area (Å²) in [4.78, 5) is 25.7. The van der Waals surface area contributed by atoms with Crippen molar-refractivity contribution in [2.45, 2.75) is 116 Å². The van der Waals surface area contributed by atoms with Crippen LogP contribution >= 0.6 is 19.2 Å². The van der Waals surface area contributed by atoms with Crippen LogP contribution in [0.3, 0.4) is 0 Å². The number of halogens is 1. The Hall–Kier alpha value is -0.643. The molecule has 0 saturated heterocycles. The molecule has 0 bridgehead atoms. The van der Waals surface area contributed by atoms with E-state index in [0.29, 0.717) is 25.7 Å². The van der Waals surface area contributed by atoms with E-state index in [1.807, 2.05) is 19.9 Å². The molecule has 2 fully saturated rings. The fourth-order valence-electron chi connectivity index (χ4n) is 8.54. The highest BCUT2D eigenvalue weighted by Crippen LogP contribution is 2.71. The molecule has 0 aromatic carbocycles. The highest BCUT2D eigenvalue weighted by atomic mass is 35.5. The summed E-state index contributed by atoms with van der Waals surface area (Å²) in [5.74, 6) is -0.924. The second-order valence-electron chi connectivity index (χ2n) is 15.4. The van der Waals surface area contributed by atoms with Crippen molar-refractivity contribution in [3.8, 4) is 0 Å². The fraction of sp³-hybridized carbons (Fsp3) is 0.818. The molecule has 0 radical (unpaired) electrons. The van der Waals surface area contributed by atoms with Crippen LogP contribution in [0.25, 0.3) is 0 Å². The second-order valence-corrected chi connectivity index (χ2v) is 22.7. The molecule has 44 heavy (non-hydrogen) atoms. The van der Waals surface area contributed by atoms with Gasteiger partial charge in [0.05, 0.1) is 24.2 Å². The molecule has 0 aliphatic heterocycles. The quantitative estimate of drug-likeness (QED) is 0.104. The normalized spacial score (nSPS) is 39.0. The summed E-state index contributed by atoms with van der Waals surface area (Å²) in [6.07, 6.45) is 6.95. The molecule has 8 nitrogen and oxygen atoms in total. The number of ether oxygens (including phenoxy) is 1. The summed E-state index contributed by atoms with van der Waals surface area (Å²) in [7, 11) is -5.91.